The van der Waals surface area contributed by atoms with E-state index in [0.29, 0.717) is 17.4 Å². The molecule has 1 unspecified atom stereocenters. The smallest absolute Gasteiger partial charge is 0.276 e. The van der Waals surface area contributed by atoms with Crippen molar-refractivity contribution in [2.45, 2.75) is 18.9 Å². The van der Waals surface area contributed by atoms with E-state index in [-0.39, 0.29) is 30.7 Å². The number of carbonyl (C=O) groups is 1. The van der Waals surface area contributed by atoms with Crippen molar-refractivity contribution in [1.29, 1.82) is 0 Å². The number of amides is 1. The topological polar surface area (TPSA) is 87.6 Å². The zero-order valence-electron chi connectivity index (χ0n) is 14.6. The summed E-state index contributed by atoms with van der Waals surface area (Å²) in [7, 11) is 0. The van der Waals surface area contributed by atoms with Gasteiger partial charge in [0.1, 0.15) is 5.82 Å². The summed E-state index contributed by atoms with van der Waals surface area (Å²) in [6, 6.07) is 9.66. The van der Waals surface area contributed by atoms with Crippen LogP contribution in [0.3, 0.4) is 0 Å². The molecular weight excluding hydrogens is 387 g/mol. The van der Waals surface area contributed by atoms with Crippen molar-refractivity contribution in [2.24, 2.45) is 0 Å². The van der Waals surface area contributed by atoms with Gasteiger partial charge in [-0.2, -0.15) is 5.10 Å². The van der Waals surface area contributed by atoms with Gasteiger partial charge in [0.25, 0.3) is 5.91 Å². The van der Waals surface area contributed by atoms with Gasteiger partial charge < -0.3 is 15.6 Å². The number of hydrogen-bond acceptors (Lipinski definition) is 4. The number of H-pyrrole nitrogens is 1. The summed E-state index contributed by atoms with van der Waals surface area (Å²) in [5, 5.41) is 10.7. The molecule has 1 saturated heterocycles. The lowest BCUT2D eigenvalue weighted by Gasteiger charge is -2.22. The summed E-state index contributed by atoms with van der Waals surface area (Å²) in [5.74, 6) is 0.560. The zero-order chi connectivity index (χ0) is 17.1. The van der Waals surface area contributed by atoms with E-state index in [1.54, 1.807) is 18.5 Å². The van der Waals surface area contributed by atoms with Gasteiger partial charge in [-0.05, 0) is 37.6 Å². The number of hydrogen-bond donors (Lipinski definition) is 3. The molecule has 1 atom stereocenters. The number of aromatic amines is 1. The predicted octanol–water partition coefficient (Wildman–Crippen LogP) is 3.29. The summed E-state index contributed by atoms with van der Waals surface area (Å²) in [5.41, 5.74) is 2.06. The fourth-order valence-corrected chi connectivity index (χ4v) is 3.08. The number of nitrogens with one attached hydrogen (secondary N) is 3. The highest BCUT2D eigenvalue weighted by Crippen LogP contribution is 2.20. The predicted molar refractivity (Wildman–Crippen MR) is 110 cm³/mol. The molecule has 1 fully saturated rings. The molecule has 1 aromatic carbocycles. The van der Waals surface area contributed by atoms with Crippen LogP contribution >= 0.6 is 24.8 Å². The van der Waals surface area contributed by atoms with Crippen LogP contribution in [0.15, 0.2) is 48.9 Å². The van der Waals surface area contributed by atoms with Crippen molar-refractivity contribution in [3.63, 3.8) is 0 Å². The van der Waals surface area contributed by atoms with Crippen molar-refractivity contribution >= 4 is 36.4 Å². The highest BCUT2D eigenvalue weighted by molar-refractivity contribution is 6.03. The molecule has 0 spiro atoms. The number of halogens is 2. The van der Waals surface area contributed by atoms with Crippen LogP contribution in [-0.2, 0) is 0 Å². The van der Waals surface area contributed by atoms with Gasteiger partial charge in [-0.15, -0.1) is 24.8 Å². The number of piperidine rings is 1. The van der Waals surface area contributed by atoms with Crippen molar-refractivity contribution in [1.82, 2.24) is 25.1 Å². The molecule has 1 amide bonds. The molecule has 1 aliphatic rings. The van der Waals surface area contributed by atoms with E-state index in [2.05, 4.69) is 25.7 Å². The van der Waals surface area contributed by atoms with E-state index in [1.165, 1.54) is 0 Å². The molecule has 0 radical (unpaired) electrons. The third-order valence-electron chi connectivity index (χ3n) is 4.38. The van der Waals surface area contributed by atoms with Gasteiger partial charge in [-0.1, -0.05) is 12.1 Å². The van der Waals surface area contributed by atoms with Crippen LogP contribution in [0.25, 0.3) is 11.4 Å². The molecule has 27 heavy (non-hydrogen) atoms. The molecule has 7 nitrogen and oxygen atoms in total. The van der Waals surface area contributed by atoms with Crippen molar-refractivity contribution in [3.05, 3.63) is 54.6 Å². The van der Waals surface area contributed by atoms with Crippen LogP contribution in [0.2, 0.25) is 0 Å². The van der Waals surface area contributed by atoms with Gasteiger partial charge in [0, 0.05) is 36.4 Å². The highest BCUT2D eigenvalue weighted by atomic mass is 35.5. The molecule has 0 saturated carbocycles. The van der Waals surface area contributed by atoms with Gasteiger partial charge in [-0.3, -0.25) is 9.48 Å². The number of anilines is 1. The first kappa shape index (κ1) is 21.0. The van der Waals surface area contributed by atoms with Crippen LogP contribution in [0.1, 0.15) is 29.4 Å². The van der Waals surface area contributed by atoms with E-state index in [0.717, 1.165) is 37.3 Å². The lowest BCUT2D eigenvalue weighted by Crippen LogP contribution is -2.32. The standard InChI is InChI=1S/C18H20N6O.2ClH/c25-18(16-6-10-24(23-16)15-5-2-7-19-12-15)22-14-4-1-3-13(11-14)17-20-8-9-21-17;;/h1,3-4,6,8-11,15,19H,2,5,7,12H2,(H,20,21)(H,22,25);2*1H. The minimum absolute atomic E-state index is 0. The fourth-order valence-electron chi connectivity index (χ4n) is 3.08. The second kappa shape index (κ2) is 9.55. The Hall–Kier alpha value is -2.35. The second-order valence-corrected chi connectivity index (χ2v) is 6.15. The summed E-state index contributed by atoms with van der Waals surface area (Å²) in [6.07, 6.45) is 7.57. The summed E-state index contributed by atoms with van der Waals surface area (Å²) < 4.78 is 1.89. The van der Waals surface area contributed by atoms with E-state index < -0.39 is 0 Å². The lowest BCUT2D eigenvalue weighted by molar-refractivity contribution is 0.102. The van der Waals surface area contributed by atoms with Gasteiger partial charge in [0.2, 0.25) is 0 Å². The normalized spacial score (nSPS) is 16.1. The van der Waals surface area contributed by atoms with Crippen molar-refractivity contribution < 1.29 is 4.79 Å². The Morgan fingerprint density at radius 1 is 1.26 bits per heavy atom. The maximum Gasteiger partial charge on any atom is 0.276 e. The second-order valence-electron chi connectivity index (χ2n) is 6.15. The summed E-state index contributed by atoms with van der Waals surface area (Å²) in [6.45, 7) is 1.95. The first-order valence-electron chi connectivity index (χ1n) is 8.46. The van der Waals surface area contributed by atoms with E-state index in [1.807, 2.05) is 35.1 Å². The number of imidazole rings is 1. The Balaban J connectivity index is 0.00000131. The Bertz CT molecular complexity index is 858. The molecule has 0 aliphatic carbocycles. The van der Waals surface area contributed by atoms with Crippen LogP contribution in [0, 0.1) is 0 Å². The van der Waals surface area contributed by atoms with Crippen LogP contribution in [-0.4, -0.2) is 38.7 Å². The highest BCUT2D eigenvalue weighted by Gasteiger charge is 2.17. The average Bonchev–Trinajstić information content (AvgIpc) is 3.35. The number of aromatic nitrogens is 4. The van der Waals surface area contributed by atoms with Crippen LogP contribution < -0.4 is 10.6 Å². The molecule has 2 aromatic heterocycles. The van der Waals surface area contributed by atoms with Gasteiger partial charge in [-0.25, -0.2) is 4.98 Å². The zero-order valence-corrected chi connectivity index (χ0v) is 16.2. The van der Waals surface area contributed by atoms with Crippen LogP contribution in [0.5, 0.6) is 0 Å². The molecular formula is C18H22Cl2N6O. The van der Waals surface area contributed by atoms with Gasteiger partial charge in [0.15, 0.2) is 5.69 Å². The average molecular weight is 409 g/mol. The Morgan fingerprint density at radius 2 is 2.15 bits per heavy atom. The largest absolute Gasteiger partial charge is 0.345 e. The molecule has 3 N–H and O–H groups in total. The minimum Gasteiger partial charge on any atom is -0.345 e. The Labute approximate surface area is 169 Å². The molecule has 4 rings (SSSR count). The number of rotatable bonds is 4. The Kier molecular flexibility index (Phi) is 7.41. The van der Waals surface area contributed by atoms with Crippen LogP contribution in [0.4, 0.5) is 5.69 Å². The van der Waals surface area contributed by atoms with Crippen molar-refractivity contribution in [2.75, 3.05) is 18.4 Å². The third-order valence-corrected chi connectivity index (χ3v) is 4.38. The molecule has 1 aliphatic heterocycles. The van der Waals surface area contributed by atoms with E-state index in [9.17, 15) is 4.79 Å². The molecule has 3 aromatic rings. The number of nitrogens with zero attached hydrogens (tertiary/aromatic N) is 3. The monoisotopic (exact) mass is 408 g/mol. The number of carbonyl (C=O) groups excluding carboxylic acids is 1. The Morgan fingerprint density at radius 3 is 2.89 bits per heavy atom. The first-order chi connectivity index (χ1) is 12.3. The lowest BCUT2D eigenvalue weighted by atomic mass is 10.1. The van der Waals surface area contributed by atoms with E-state index in [4.69, 9.17) is 0 Å². The van der Waals surface area contributed by atoms with Gasteiger partial charge in [0.05, 0.1) is 6.04 Å². The SMILES string of the molecule is Cl.Cl.O=C(Nc1cccc(-c2ncc[nH]2)c1)c1ccn(C2CCCNC2)n1. The number of benzene rings is 1. The molecule has 9 heteroatoms. The van der Waals surface area contributed by atoms with Gasteiger partial charge >= 0.3 is 0 Å². The first-order valence-corrected chi connectivity index (χ1v) is 8.46. The summed E-state index contributed by atoms with van der Waals surface area (Å²) in [4.78, 5) is 19.8. The fraction of sp³-hybridized carbons (Fsp3) is 0.278. The van der Waals surface area contributed by atoms with E-state index >= 15 is 0 Å². The molecule has 144 valence electrons. The maximum absolute atomic E-state index is 12.5. The minimum atomic E-state index is -0.209. The maximum atomic E-state index is 12.5. The molecule has 3 heterocycles. The third kappa shape index (κ3) is 4.88. The molecule has 0 bridgehead atoms. The van der Waals surface area contributed by atoms with Crippen molar-refractivity contribution in [3.8, 4) is 11.4 Å². The quantitative estimate of drug-likeness (QED) is 0.617. The summed E-state index contributed by atoms with van der Waals surface area (Å²) >= 11 is 0.